The van der Waals surface area contributed by atoms with E-state index < -0.39 is 64.4 Å². The number of fused-ring (bicyclic) bond motifs is 3. The minimum absolute atomic E-state index is 0.101. The zero-order valence-electron chi connectivity index (χ0n) is 67.4. The lowest BCUT2D eigenvalue weighted by molar-refractivity contribution is -0.138. The van der Waals surface area contributed by atoms with E-state index in [1.807, 2.05) is 60.9 Å². The van der Waals surface area contributed by atoms with Crippen LogP contribution in [0.4, 0.5) is 71.5 Å². The maximum atomic E-state index is 14.4. The molecule has 0 spiro atoms. The van der Waals surface area contributed by atoms with Crippen molar-refractivity contribution < 1.29 is 75.3 Å². The van der Waals surface area contributed by atoms with Crippen LogP contribution in [-0.2, 0) is 84.4 Å². The Kier molecular flexibility index (Phi) is 25.1. The van der Waals surface area contributed by atoms with Gasteiger partial charge in [-0.25, -0.2) is 43.1 Å². The number of likely N-dealkylation sites (tertiary alicyclic amines) is 3. The Morgan fingerprint density at radius 2 is 0.983 bits per heavy atom. The number of ether oxygens (including phenoxy) is 2. The van der Waals surface area contributed by atoms with E-state index in [-0.39, 0.29) is 41.4 Å². The third-order valence-corrected chi connectivity index (χ3v) is 24.3. The number of alkyl halides is 12. The molecule has 642 valence electrons. The molecule has 1 aliphatic carbocycles. The van der Waals surface area contributed by atoms with Gasteiger partial charge < -0.3 is 28.1 Å². The van der Waals surface area contributed by atoms with Gasteiger partial charge in [0.15, 0.2) is 22.6 Å². The molecule has 19 nitrogen and oxygen atoms in total. The van der Waals surface area contributed by atoms with Crippen molar-refractivity contribution in [3.63, 3.8) is 0 Å². The SMILES string of the molecule is CC1CN(Cc2nc3ncccc3n2C)CCC1c1ccc(C(F)(F)F)cc1[18F].Cn1c(CN2CCC(c3ccc(C(F)(F)F)cc3O[11CH3])CC2)nc2ncccc21.Fc1cc([18F])ccc1N1CCN(Cc2ccn3c(CC4CC4)nnc3c2C(F)(F)F)CC1.[11CH3]Oc1cc(C(F)(F)F)ccc1C1CCN(Cc2nc3nccc4c3n2CCC4)CC1. The maximum absolute atomic E-state index is 14.4. The number of benzene rings is 4. The first-order valence-corrected chi connectivity index (χ1v) is 40.6. The lowest BCUT2D eigenvalue weighted by atomic mass is 9.81. The molecule has 0 bridgehead atoms. The van der Waals surface area contributed by atoms with Crippen LogP contribution in [0.25, 0.3) is 39.1 Å². The van der Waals surface area contributed by atoms with Crippen LogP contribution in [0, 0.1) is 29.3 Å². The molecule has 5 aliphatic heterocycles. The van der Waals surface area contributed by atoms with Gasteiger partial charge in [0.2, 0.25) is 0 Å². The molecule has 18 rings (SSSR count). The Hall–Kier alpha value is -10.5. The van der Waals surface area contributed by atoms with Crippen LogP contribution in [0.2, 0.25) is 0 Å². The normalized spacial score (nSPS) is 18.3. The molecular formula is C87H92F15N17O2. The second-order valence-electron chi connectivity index (χ2n) is 32.2. The molecule has 34 heteroatoms. The smallest absolute Gasteiger partial charge is 0.420 e. The van der Waals surface area contributed by atoms with Crippen molar-refractivity contribution in [2.24, 2.45) is 25.9 Å². The van der Waals surface area contributed by atoms with Gasteiger partial charge in [-0.1, -0.05) is 25.1 Å². The highest BCUT2D eigenvalue weighted by Gasteiger charge is 2.41. The van der Waals surface area contributed by atoms with E-state index in [0.717, 1.165) is 198 Å². The molecule has 13 heterocycles. The third kappa shape index (κ3) is 19.4. The van der Waals surface area contributed by atoms with Gasteiger partial charge in [-0.05, 0) is 233 Å². The molecule has 0 N–H and O–H groups in total. The van der Waals surface area contributed by atoms with Crippen molar-refractivity contribution in [3.8, 4) is 11.5 Å². The summed E-state index contributed by atoms with van der Waals surface area (Å²) in [5, 5.41) is 7.91. The van der Waals surface area contributed by atoms with Crippen molar-refractivity contribution >= 4 is 44.8 Å². The molecule has 6 aliphatic rings. The topological polar surface area (TPSA) is 157 Å². The number of aryl methyl sites for hydroxylation is 4. The number of piperazine rings is 1. The predicted octanol–water partition coefficient (Wildman–Crippen LogP) is 18.2. The van der Waals surface area contributed by atoms with Gasteiger partial charge in [0.25, 0.3) is 0 Å². The summed E-state index contributed by atoms with van der Waals surface area (Å²) in [6.45, 7) is 11.9. The molecule has 5 fully saturated rings. The Morgan fingerprint density at radius 3 is 1.50 bits per heavy atom. The van der Waals surface area contributed by atoms with Crippen LogP contribution in [-0.4, -0.2) is 157 Å². The van der Waals surface area contributed by atoms with Crippen LogP contribution in [0.5, 0.6) is 11.5 Å². The number of rotatable bonds is 16. The van der Waals surface area contributed by atoms with Gasteiger partial charge in [-0.15, -0.1) is 10.2 Å². The average molecular weight is 1690 g/mol. The first kappa shape index (κ1) is 85.5. The zero-order valence-corrected chi connectivity index (χ0v) is 67.4. The first-order chi connectivity index (χ1) is 57.8. The summed E-state index contributed by atoms with van der Waals surface area (Å²) in [5.74, 6) is 2.96. The predicted molar refractivity (Wildman–Crippen MR) is 425 cm³/mol. The quantitative estimate of drug-likeness (QED) is 0.0841. The van der Waals surface area contributed by atoms with Gasteiger partial charge in [0, 0.05) is 97.2 Å². The Bertz CT molecular complexity index is 5630. The van der Waals surface area contributed by atoms with Gasteiger partial charge in [0.1, 0.15) is 57.8 Å². The van der Waals surface area contributed by atoms with Gasteiger partial charge in [0.05, 0.1) is 72.8 Å². The average Bonchev–Trinajstić information content (AvgIpc) is 1.66. The lowest BCUT2D eigenvalue weighted by Gasteiger charge is -2.37. The maximum Gasteiger partial charge on any atom is 0.420 e. The van der Waals surface area contributed by atoms with Crippen LogP contribution in [0.1, 0.15) is 149 Å². The summed E-state index contributed by atoms with van der Waals surface area (Å²) >= 11 is 0. The van der Waals surface area contributed by atoms with E-state index in [1.165, 1.54) is 54.0 Å². The Morgan fingerprint density at radius 1 is 0.463 bits per heavy atom. The van der Waals surface area contributed by atoms with Crippen LogP contribution in [0.3, 0.4) is 0 Å². The highest BCUT2D eigenvalue weighted by molar-refractivity contribution is 5.76. The van der Waals surface area contributed by atoms with E-state index in [4.69, 9.17) is 14.5 Å². The molecule has 0 amide bonds. The number of methoxy groups -OCH3 is 2. The fourth-order valence-corrected chi connectivity index (χ4v) is 17.6. The van der Waals surface area contributed by atoms with E-state index in [9.17, 15) is 65.9 Å². The largest absolute Gasteiger partial charge is 0.496 e. The van der Waals surface area contributed by atoms with Crippen LogP contribution >= 0.6 is 0 Å². The number of hydrogen-bond donors (Lipinski definition) is 0. The molecule has 2 atom stereocenters. The van der Waals surface area contributed by atoms with Gasteiger partial charge in [-0.2, -0.15) is 52.7 Å². The number of nitrogens with zero attached hydrogens (tertiary/aromatic N) is 17. The number of hydrogen-bond acceptors (Lipinski definition) is 15. The number of halogens is 15. The molecule has 2 unspecified atom stereocenters. The van der Waals surface area contributed by atoms with Crippen LogP contribution < -0.4 is 14.4 Å². The summed E-state index contributed by atoms with van der Waals surface area (Å²) in [6, 6.07) is 25.3. The summed E-state index contributed by atoms with van der Waals surface area (Å²) < 4.78 is 218. The summed E-state index contributed by atoms with van der Waals surface area (Å²) in [7, 11) is 6.81. The molecular weight excluding hydrogens is 1600 g/mol. The number of imidazole rings is 3. The summed E-state index contributed by atoms with van der Waals surface area (Å²) in [5.41, 5.74) is 6.11. The van der Waals surface area contributed by atoms with E-state index in [0.29, 0.717) is 91.8 Å². The standard InChI is InChI=1S/C23H25F3N4O.C22H22F5N5.C21H22F4N4.C21H23F3N4O/c1-31-19-13-17(23(24,25)26)4-5-18(19)15-7-11-29(12-8-15)14-20-28-22-21-16(6-9-27-22)3-2-10-30(20)21;23-16-3-4-18(17(24)12-16)31-9-7-30(8-10-31)13-15-5-6-32-19(11-14-1-2-14)28-29-21(32)20(15)22(25,26)27;1-13-11-29(12-19-27-20-18(28(19)2)4-3-8-26-20)9-7-15(13)16-6-5-14(10-17(16)22)21(23,24)25;1-27-17-4-3-9-25-20(17)26-19(27)13-28-10-7-14(8-11-28)16-6-5-15(21(22,23)24)12-18(16)29-2/h4-6,9,13,15H,2-3,7-8,10-12,14H2,1H3;3-6,12,14H,1-2,7-11,13H2;3-6,8,10,13,15H,7,9,11-12H2,1-2H3;3-6,9,12,14H,7-8,10-11,13H2,1-2H3/i1-1;23-1;22-1;2-1. The summed E-state index contributed by atoms with van der Waals surface area (Å²) in [6.07, 6.45) is -1.74. The van der Waals surface area contributed by atoms with Crippen molar-refractivity contribution in [1.29, 1.82) is 0 Å². The second kappa shape index (κ2) is 35.6. The number of anilines is 1. The van der Waals surface area contributed by atoms with Crippen molar-refractivity contribution in [1.82, 2.24) is 77.8 Å². The molecule has 1 saturated carbocycles. The minimum atomic E-state index is -4.55. The summed E-state index contributed by atoms with van der Waals surface area (Å²) in [4.78, 5) is 37.7. The van der Waals surface area contributed by atoms with Crippen LogP contribution in [0.15, 0.2) is 134 Å². The number of piperidine rings is 3. The van der Waals surface area contributed by atoms with Gasteiger partial charge in [-0.3, -0.25) is 24.0 Å². The first-order valence-electron chi connectivity index (χ1n) is 40.6. The fraction of sp³-hybridized carbons (Fsp3) is 0.448. The molecule has 8 aromatic heterocycles. The Balaban J connectivity index is 0.000000126. The fourth-order valence-electron chi connectivity index (χ4n) is 17.6. The molecule has 121 heavy (non-hydrogen) atoms. The molecule has 0 radical (unpaired) electrons. The Labute approximate surface area is 688 Å². The van der Waals surface area contributed by atoms with E-state index in [1.54, 1.807) is 35.6 Å². The highest BCUT2D eigenvalue weighted by atomic mass is 19.4. The minimum Gasteiger partial charge on any atom is -0.496 e. The molecule has 4 aromatic carbocycles. The molecule has 4 saturated heterocycles. The zero-order chi connectivity index (χ0) is 85.4. The number of aromatic nitrogens is 12. The van der Waals surface area contributed by atoms with Crippen molar-refractivity contribution in [2.75, 3.05) is 84.6 Å². The number of pyridine rings is 4. The monoisotopic (exact) mass is 1690 g/mol. The molecule has 12 aromatic rings. The third-order valence-electron chi connectivity index (χ3n) is 24.3. The van der Waals surface area contributed by atoms with Crippen molar-refractivity contribution in [2.45, 2.75) is 146 Å². The highest BCUT2D eigenvalue weighted by Crippen LogP contribution is 2.44. The van der Waals surface area contributed by atoms with E-state index >= 15 is 0 Å². The lowest BCUT2D eigenvalue weighted by Crippen LogP contribution is -2.46. The van der Waals surface area contributed by atoms with Crippen molar-refractivity contribution in [3.05, 3.63) is 225 Å². The van der Waals surface area contributed by atoms with Gasteiger partial charge >= 0.3 is 24.7 Å². The second-order valence-corrected chi connectivity index (χ2v) is 32.2. The van der Waals surface area contributed by atoms with E-state index in [2.05, 4.69) is 65.0 Å².